The lowest BCUT2D eigenvalue weighted by Gasteiger charge is -2.62. The molecule has 1 saturated carbocycles. The van der Waals surface area contributed by atoms with E-state index < -0.39 is 0 Å². The van der Waals surface area contributed by atoms with Gasteiger partial charge in [-0.2, -0.15) is 0 Å². The Hall–Kier alpha value is -0.0400. The third-order valence-electron chi connectivity index (χ3n) is 5.20. The first-order chi connectivity index (χ1) is 6.89. The van der Waals surface area contributed by atoms with Crippen LogP contribution in [0, 0.1) is 17.3 Å². The van der Waals surface area contributed by atoms with Crippen LogP contribution in [0.4, 0.5) is 0 Å². The molecule has 15 heavy (non-hydrogen) atoms. The van der Waals surface area contributed by atoms with Gasteiger partial charge in [0.2, 0.25) is 0 Å². The molecule has 0 aromatic carbocycles. The summed E-state index contributed by atoms with van der Waals surface area (Å²) in [6.07, 6.45) is 6.52. The van der Waals surface area contributed by atoms with Gasteiger partial charge >= 0.3 is 0 Å². The average Bonchev–Trinajstić information content (AvgIpc) is 2.21. The maximum Gasteiger partial charge on any atom is 0.0185 e. The van der Waals surface area contributed by atoms with E-state index in [0.29, 0.717) is 5.41 Å². The Morgan fingerprint density at radius 1 is 1.33 bits per heavy atom. The highest BCUT2D eigenvalue weighted by Crippen LogP contribution is 2.58. The quantitative estimate of drug-likeness (QED) is 0.731. The van der Waals surface area contributed by atoms with Crippen LogP contribution in [0.3, 0.4) is 0 Å². The van der Waals surface area contributed by atoms with Crippen molar-refractivity contribution in [3.63, 3.8) is 0 Å². The zero-order valence-electron chi connectivity index (χ0n) is 11.3. The second-order valence-electron chi connectivity index (χ2n) is 6.12. The standard InChI is InChI=1S/C14H29N/c1-6-8-9-11(3)12-10-14(5,15)13(12,4)7-2/h11-12H,6-10,15H2,1-5H3. The minimum Gasteiger partial charge on any atom is -0.325 e. The molecule has 4 atom stereocenters. The molecule has 0 heterocycles. The van der Waals surface area contributed by atoms with Gasteiger partial charge in [0.1, 0.15) is 0 Å². The van der Waals surface area contributed by atoms with Gasteiger partial charge in [0.05, 0.1) is 0 Å². The summed E-state index contributed by atoms with van der Waals surface area (Å²) in [5, 5.41) is 0. The molecule has 0 bridgehead atoms. The van der Waals surface area contributed by atoms with Crippen LogP contribution in [0.1, 0.15) is 66.7 Å². The fourth-order valence-electron chi connectivity index (χ4n) is 3.43. The molecule has 0 aliphatic heterocycles. The Bertz CT molecular complexity index is 209. The van der Waals surface area contributed by atoms with Crippen molar-refractivity contribution in [2.75, 3.05) is 0 Å². The van der Waals surface area contributed by atoms with E-state index in [1.165, 1.54) is 32.1 Å². The average molecular weight is 211 g/mol. The minimum absolute atomic E-state index is 0.0763. The molecule has 0 saturated heterocycles. The van der Waals surface area contributed by atoms with Crippen molar-refractivity contribution in [3.05, 3.63) is 0 Å². The van der Waals surface area contributed by atoms with Gasteiger partial charge in [-0.05, 0) is 37.0 Å². The Balaban J connectivity index is 2.58. The molecule has 0 aromatic heterocycles. The number of hydrogen-bond donors (Lipinski definition) is 1. The highest BCUT2D eigenvalue weighted by Gasteiger charge is 2.57. The van der Waals surface area contributed by atoms with Crippen LogP contribution in [-0.2, 0) is 0 Å². The van der Waals surface area contributed by atoms with Crippen molar-refractivity contribution in [1.82, 2.24) is 0 Å². The first-order valence-corrected chi connectivity index (χ1v) is 6.68. The molecule has 90 valence electrons. The predicted molar refractivity (Wildman–Crippen MR) is 67.8 cm³/mol. The normalized spacial score (nSPS) is 42.4. The molecule has 1 rings (SSSR count). The number of nitrogens with two attached hydrogens (primary N) is 1. The van der Waals surface area contributed by atoms with Gasteiger partial charge in [-0.1, -0.05) is 47.0 Å². The smallest absolute Gasteiger partial charge is 0.0185 e. The minimum atomic E-state index is 0.0763. The van der Waals surface area contributed by atoms with E-state index in [0.717, 1.165) is 11.8 Å². The maximum absolute atomic E-state index is 6.37. The Morgan fingerprint density at radius 3 is 2.33 bits per heavy atom. The van der Waals surface area contributed by atoms with Crippen molar-refractivity contribution in [3.8, 4) is 0 Å². The third-order valence-corrected chi connectivity index (χ3v) is 5.20. The molecular formula is C14H29N. The van der Waals surface area contributed by atoms with Crippen molar-refractivity contribution >= 4 is 0 Å². The van der Waals surface area contributed by atoms with E-state index in [2.05, 4.69) is 34.6 Å². The van der Waals surface area contributed by atoms with Gasteiger partial charge in [0.15, 0.2) is 0 Å². The van der Waals surface area contributed by atoms with Crippen molar-refractivity contribution in [2.24, 2.45) is 23.0 Å². The zero-order chi connectivity index (χ0) is 11.7. The number of rotatable bonds is 5. The Kier molecular flexibility index (Phi) is 3.86. The third kappa shape index (κ3) is 2.08. The molecule has 0 aromatic rings. The van der Waals surface area contributed by atoms with Crippen molar-refractivity contribution in [1.29, 1.82) is 0 Å². The molecule has 0 radical (unpaired) electrons. The van der Waals surface area contributed by atoms with Gasteiger partial charge in [0, 0.05) is 5.54 Å². The Morgan fingerprint density at radius 2 is 1.93 bits per heavy atom. The van der Waals surface area contributed by atoms with Gasteiger partial charge < -0.3 is 5.73 Å². The van der Waals surface area contributed by atoms with E-state index in [-0.39, 0.29) is 5.54 Å². The summed E-state index contributed by atoms with van der Waals surface area (Å²) in [6, 6.07) is 0. The second kappa shape index (κ2) is 4.45. The fourth-order valence-corrected chi connectivity index (χ4v) is 3.43. The van der Waals surface area contributed by atoms with E-state index in [1.54, 1.807) is 0 Å². The monoisotopic (exact) mass is 211 g/mol. The van der Waals surface area contributed by atoms with Crippen molar-refractivity contribution < 1.29 is 0 Å². The lowest BCUT2D eigenvalue weighted by Crippen LogP contribution is -2.67. The summed E-state index contributed by atoms with van der Waals surface area (Å²) in [4.78, 5) is 0. The molecule has 1 aliphatic rings. The molecular weight excluding hydrogens is 182 g/mol. The second-order valence-corrected chi connectivity index (χ2v) is 6.12. The molecule has 1 nitrogen and oxygen atoms in total. The molecule has 1 fully saturated rings. The predicted octanol–water partition coefficient (Wildman–Crippen LogP) is 3.97. The van der Waals surface area contributed by atoms with Gasteiger partial charge in [-0.25, -0.2) is 0 Å². The van der Waals surface area contributed by atoms with E-state index in [4.69, 9.17) is 5.73 Å². The molecule has 4 unspecified atom stereocenters. The summed E-state index contributed by atoms with van der Waals surface area (Å²) >= 11 is 0. The van der Waals surface area contributed by atoms with Crippen LogP contribution in [0.5, 0.6) is 0 Å². The summed E-state index contributed by atoms with van der Waals surface area (Å²) in [5.41, 5.74) is 6.82. The van der Waals surface area contributed by atoms with Crippen LogP contribution in [0.2, 0.25) is 0 Å². The summed E-state index contributed by atoms with van der Waals surface area (Å²) in [7, 11) is 0. The number of hydrogen-bond acceptors (Lipinski definition) is 1. The summed E-state index contributed by atoms with van der Waals surface area (Å²) in [5.74, 6) is 1.70. The van der Waals surface area contributed by atoms with Crippen LogP contribution >= 0.6 is 0 Å². The zero-order valence-corrected chi connectivity index (χ0v) is 11.3. The van der Waals surface area contributed by atoms with Gasteiger partial charge in [0.25, 0.3) is 0 Å². The van der Waals surface area contributed by atoms with Crippen molar-refractivity contribution in [2.45, 2.75) is 72.3 Å². The van der Waals surface area contributed by atoms with Crippen LogP contribution in [-0.4, -0.2) is 5.54 Å². The molecule has 1 heteroatoms. The number of unbranched alkanes of at least 4 members (excludes halogenated alkanes) is 1. The summed E-state index contributed by atoms with van der Waals surface area (Å²) in [6.45, 7) is 11.6. The highest BCUT2D eigenvalue weighted by atomic mass is 14.9. The maximum atomic E-state index is 6.37. The highest BCUT2D eigenvalue weighted by molar-refractivity contribution is 5.11. The SMILES string of the molecule is CCCCC(C)C1CC(C)(N)C1(C)CC. The fraction of sp³-hybridized carbons (Fsp3) is 1.00. The van der Waals surface area contributed by atoms with Crippen LogP contribution in [0.25, 0.3) is 0 Å². The molecule has 1 aliphatic carbocycles. The topological polar surface area (TPSA) is 26.0 Å². The molecule has 0 spiro atoms. The van der Waals surface area contributed by atoms with E-state index >= 15 is 0 Å². The van der Waals surface area contributed by atoms with Crippen LogP contribution in [0.15, 0.2) is 0 Å². The molecule has 2 N–H and O–H groups in total. The largest absolute Gasteiger partial charge is 0.325 e. The first-order valence-electron chi connectivity index (χ1n) is 6.68. The van der Waals surface area contributed by atoms with Gasteiger partial charge in [-0.3, -0.25) is 0 Å². The summed E-state index contributed by atoms with van der Waals surface area (Å²) < 4.78 is 0. The van der Waals surface area contributed by atoms with E-state index in [9.17, 15) is 0 Å². The lowest BCUT2D eigenvalue weighted by atomic mass is 9.46. The molecule has 0 amide bonds. The van der Waals surface area contributed by atoms with E-state index in [1.807, 2.05) is 0 Å². The first kappa shape index (κ1) is 13.0. The van der Waals surface area contributed by atoms with Crippen LogP contribution < -0.4 is 5.73 Å². The lowest BCUT2D eigenvalue weighted by molar-refractivity contribution is -0.0858. The Labute approximate surface area is 95.8 Å². The van der Waals surface area contributed by atoms with Gasteiger partial charge in [-0.15, -0.1) is 0 Å².